The number of hydrogen-bond acceptors (Lipinski definition) is 5. The van der Waals surface area contributed by atoms with Gasteiger partial charge in [0.2, 0.25) is 0 Å². The monoisotopic (exact) mass is 285 g/mol. The largest absolute Gasteiger partial charge is 0.493 e. The van der Waals surface area contributed by atoms with Crippen LogP contribution < -0.4 is 10.5 Å². The van der Waals surface area contributed by atoms with Gasteiger partial charge in [-0.25, -0.2) is 4.98 Å². The maximum absolute atomic E-state index is 5.95. The zero-order valence-electron chi connectivity index (χ0n) is 11.2. The van der Waals surface area contributed by atoms with Gasteiger partial charge in [-0.1, -0.05) is 0 Å². The molecule has 0 radical (unpaired) electrons. The van der Waals surface area contributed by atoms with Crippen molar-refractivity contribution in [3.63, 3.8) is 0 Å². The summed E-state index contributed by atoms with van der Waals surface area (Å²) < 4.78 is 5.90. The summed E-state index contributed by atoms with van der Waals surface area (Å²) in [4.78, 5) is 9.62. The summed E-state index contributed by atoms with van der Waals surface area (Å²) in [6, 6.07) is 5.70. The van der Waals surface area contributed by atoms with Crippen molar-refractivity contribution in [2.24, 2.45) is 0 Å². The molecule has 0 aliphatic rings. The maximum Gasteiger partial charge on any atom is 0.127 e. The van der Waals surface area contributed by atoms with Crippen LogP contribution in [0, 0.1) is 6.92 Å². The Bertz CT molecular complexity index is 739. The lowest BCUT2D eigenvalue weighted by atomic mass is 10.1. The van der Waals surface area contributed by atoms with Crippen LogP contribution in [0.25, 0.3) is 10.8 Å². The van der Waals surface area contributed by atoms with Gasteiger partial charge in [0.1, 0.15) is 5.75 Å². The highest BCUT2D eigenvalue weighted by atomic mass is 32.1. The van der Waals surface area contributed by atoms with Gasteiger partial charge in [-0.15, -0.1) is 11.3 Å². The van der Waals surface area contributed by atoms with Crippen LogP contribution >= 0.6 is 11.3 Å². The fourth-order valence-electron chi connectivity index (χ4n) is 2.13. The molecule has 0 atom stereocenters. The second kappa shape index (κ2) is 5.46. The molecule has 0 fully saturated rings. The average molecular weight is 285 g/mol. The molecule has 0 spiro atoms. The van der Waals surface area contributed by atoms with E-state index in [2.05, 4.69) is 9.97 Å². The number of ether oxygens (including phenoxy) is 1. The van der Waals surface area contributed by atoms with Crippen LogP contribution in [0.15, 0.2) is 36.1 Å². The lowest BCUT2D eigenvalue weighted by Crippen LogP contribution is -2.02. The summed E-state index contributed by atoms with van der Waals surface area (Å²) in [5.74, 6) is 0.846. The third kappa shape index (κ3) is 2.44. The van der Waals surface area contributed by atoms with Crippen molar-refractivity contribution in [3.8, 4) is 5.75 Å². The van der Waals surface area contributed by atoms with E-state index in [1.165, 1.54) is 4.88 Å². The Morgan fingerprint density at radius 3 is 2.95 bits per heavy atom. The highest BCUT2D eigenvalue weighted by Gasteiger charge is 2.06. The zero-order valence-corrected chi connectivity index (χ0v) is 12.0. The summed E-state index contributed by atoms with van der Waals surface area (Å²) in [7, 11) is 0. The van der Waals surface area contributed by atoms with E-state index in [1.807, 2.05) is 30.6 Å². The molecule has 3 rings (SSSR count). The van der Waals surface area contributed by atoms with Crippen LogP contribution in [-0.2, 0) is 6.42 Å². The number of thiazole rings is 1. The molecule has 0 saturated carbocycles. The van der Waals surface area contributed by atoms with Crippen molar-refractivity contribution < 1.29 is 4.74 Å². The predicted octanol–water partition coefficient (Wildman–Crippen LogP) is 3.20. The summed E-state index contributed by atoms with van der Waals surface area (Å²) >= 11 is 1.67. The van der Waals surface area contributed by atoms with Crippen molar-refractivity contribution >= 4 is 27.8 Å². The Labute approximate surface area is 121 Å². The Hall–Kier alpha value is -2.14. The smallest absolute Gasteiger partial charge is 0.127 e. The van der Waals surface area contributed by atoms with Crippen molar-refractivity contribution in [3.05, 3.63) is 46.7 Å². The zero-order chi connectivity index (χ0) is 13.9. The fourth-order valence-corrected chi connectivity index (χ4v) is 2.89. The molecule has 1 aromatic carbocycles. The molecule has 20 heavy (non-hydrogen) atoms. The predicted molar refractivity (Wildman–Crippen MR) is 82.2 cm³/mol. The van der Waals surface area contributed by atoms with E-state index in [-0.39, 0.29) is 0 Å². The molecule has 102 valence electrons. The normalized spacial score (nSPS) is 10.8. The first-order valence-corrected chi connectivity index (χ1v) is 7.27. The summed E-state index contributed by atoms with van der Waals surface area (Å²) in [5.41, 5.74) is 9.63. The van der Waals surface area contributed by atoms with Crippen LogP contribution in [0.5, 0.6) is 5.75 Å². The summed E-state index contributed by atoms with van der Waals surface area (Å²) in [5, 5.41) is 1.93. The lowest BCUT2D eigenvalue weighted by molar-refractivity contribution is 0.326. The van der Waals surface area contributed by atoms with E-state index < -0.39 is 0 Å². The quantitative estimate of drug-likeness (QED) is 0.748. The number of benzene rings is 1. The number of aryl methyl sites for hydroxylation is 1. The Morgan fingerprint density at radius 1 is 1.25 bits per heavy atom. The van der Waals surface area contributed by atoms with Gasteiger partial charge in [0.05, 0.1) is 17.8 Å². The molecule has 2 aromatic heterocycles. The number of nitrogens with two attached hydrogens (primary N) is 1. The van der Waals surface area contributed by atoms with Crippen LogP contribution in [0.2, 0.25) is 0 Å². The van der Waals surface area contributed by atoms with Crippen molar-refractivity contribution in [2.75, 3.05) is 12.3 Å². The second-order valence-corrected chi connectivity index (χ2v) is 5.47. The molecule has 0 amide bonds. The first-order chi connectivity index (χ1) is 9.75. The highest BCUT2D eigenvalue weighted by Crippen LogP contribution is 2.29. The minimum absolute atomic E-state index is 0.629. The molecule has 2 N–H and O–H groups in total. The van der Waals surface area contributed by atoms with E-state index in [4.69, 9.17) is 10.5 Å². The topological polar surface area (TPSA) is 61.0 Å². The highest BCUT2D eigenvalue weighted by molar-refractivity contribution is 7.09. The molecule has 0 saturated heterocycles. The number of fused-ring (bicyclic) bond motifs is 1. The Balaban J connectivity index is 1.78. The molecule has 0 aliphatic heterocycles. The van der Waals surface area contributed by atoms with Gasteiger partial charge in [-0.05, 0) is 25.1 Å². The summed E-state index contributed by atoms with van der Waals surface area (Å²) in [6.45, 7) is 2.65. The molecule has 0 aliphatic carbocycles. The number of anilines is 1. The van der Waals surface area contributed by atoms with Crippen molar-refractivity contribution in [2.45, 2.75) is 13.3 Å². The molecule has 0 bridgehead atoms. The lowest BCUT2D eigenvalue weighted by Gasteiger charge is -2.10. The average Bonchev–Trinajstić information content (AvgIpc) is 2.87. The van der Waals surface area contributed by atoms with Gasteiger partial charge >= 0.3 is 0 Å². The van der Waals surface area contributed by atoms with Crippen LogP contribution in [0.1, 0.15) is 10.6 Å². The number of nitrogen functional groups attached to an aromatic ring is 1. The van der Waals surface area contributed by atoms with Crippen molar-refractivity contribution in [1.29, 1.82) is 0 Å². The van der Waals surface area contributed by atoms with E-state index in [9.17, 15) is 0 Å². The van der Waals surface area contributed by atoms with Crippen molar-refractivity contribution in [1.82, 2.24) is 9.97 Å². The fraction of sp³-hybridized carbons (Fsp3) is 0.200. The van der Waals surface area contributed by atoms with Gasteiger partial charge in [-0.2, -0.15) is 0 Å². The summed E-state index contributed by atoms with van der Waals surface area (Å²) in [6.07, 6.45) is 4.39. The number of aromatic nitrogens is 2. The van der Waals surface area contributed by atoms with Crippen LogP contribution in [0.4, 0.5) is 5.69 Å². The Morgan fingerprint density at radius 2 is 2.15 bits per heavy atom. The molecular weight excluding hydrogens is 270 g/mol. The molecule has 5 heteroatoms. The standard InChI is InChI=1S/C15H15N3OS/c1-10-15(20-9-18-10)5-7-19-14-3-2-13(16)12-8-17-6-4-11(12)14/h2-4,6,8-9H,5,7,16H2,1H3. The van der Waals surface area contributed by atoms with E-state index in [0.717, 1.165) is 34.3 Å². The molecule has 2 heterocycles. The van der Waals surface area contributed by atoms with E-state index >= 15 is 0 Å². The number of nitrogens with zero attached hydrogens (tertiary/aromatic N) is 2. The molecule has 3 aromatic rings. The van der Waals surface area contributed by atoms with Gasteiger partial charge in [0.15, 0.2) is 0 Å². The molecule has 4 nitrogen and oxygen atoms in total. The second-order valence-electron chi connectivity index (χ2n) is 4.53. The SMILES string of the molecule is Cc1ncsc1CCOc1ccc(N)c2cnccc12. The van der Waals surface area contributed by atoms with Gasteiger partial charge in [0.25, 0.3) is 0 Å². The molecule has 0 unspecified atom stereocenters. The van der Waals surface area contributed by atoms with Gasteiger partial charge in [-0.3, -0.25) is 4.98 Å². The Kier molecular flexibility index (Phi) is 3.52. The van der Waals surface area contributed by atoms with Gasteiger partial charge in [0, 0.05) is 40.2 Å². The van der Waals surface area contributed by atoms with Gasteiger partial charge < -0.3 is 10.5 Å². The van der Waals surface area contributed by atoms with E-state index in [1.54, 1.807) is 23.7 Å². The first-order valence-electron chi connectivity index (χ1n) is 6.39. The van der Waals surface area contributed by atoms with Crippen LogP contribution in [0.3, 0.4) is 0 Å². The maximum atomic E-state index is 5.95. The van der Waals surface area contributed by atoms with E-state index in [0.29, 0.717) is 6.61 Å². The number of pyridine rings is 1. The minimum Gasteiger partial charge on any atom is -0.493 e. The number of rotatable bonds is 4. The minimum atomic E-state index is 0.629. The number of hydrogen-bond donors (Lipinski definition) is 1. The third-order valence-corrected chi connectivity index (χ3v) is 4.24. The molecular formula is C15H15N3OS. The van der Waals surface area contributed by atoms with Crippen LogP contribution in [-0.4, -0.2) is 16.6 Å². The first kappa shape index (κ1) is 12.9. The third-order valence-electron chi connectivity index (χ3n) is 3.24.